The molecule has 0 spiro atoms. The Morgan fingerprint density at radius 2 is 1.72 bits per heavy atom. The second-order valence-electron chi connectivity index (χ2n) is 6.74. The fourth-order valence-electron chi connectivity index (χ4n) is 2.96. The van der Waals surface area contributed by atoms with Crippen molar-refractivity contribution in [2.45, 2.75) is 18.4 Å². The predicted molar refractivity (Wildman–Crippen MR) is 118 cm³/mol. The van der Waals surface area contributed by atoms with Gasteiger partial charge in [0.2, 0.25) is 5.89 Å². The lowest BCUT2D eigenvalue weighted by Crippen LogP contribution is -2.13. The molecule has 9 heteroatoms. The van der Waals surface area contributed by atoms with Gasteiger partial charge < -0.3 is 13.9 Å². The molecule has 0 saturated heterocycles. The Morgan fingerprint density at radius 1 is 1.00 bits per heavy atom. The van der Waals surface area contributed by atoms with Gasteiger partial charge in [-0.25, -0.2) is 18.2 Å². The molecule has 0 atom stereocenters. The van der Waals surface area contributed by atoms with Gasteiger partial charge in [-0.1, -0.05) is 12.1 Å². The number of nitrogens with one attached hydrogen (secondary N) is 1. The topological polar surface area (TPSA) is 108 Å². The van der Waals surface area contributed by atoms with E-state index < -0.39 is 16.0 Å². The van der Waals surface area contributed by atoms with Crippen molar-refractivity contribution in [2.24, 2.45) is 0 Å². The summed E-state index contributed by atoms with van der Waals surface area (Å²) in [6, 6.07) is 19.3. The maximum absolute atomic E-state index is 12.6. The maximum atomic E-state index is 12.6. The van der Waals surface area contributed by atoms with Crippen LogP contribution in [0.3, 0.4) is 0 Å². The van der Waals surface area contributed by atoms with Gasteiger partial charge in [0.25, 0.3) is 10.0 Å². The SMILES string of the molecule is CCOc1ccc(S(=O)(=O)Nc2ccc(C(=O)OCc3nc4ccccc4o3)cc2)cc1. The van der Waals surface area contributed by atoms with Gasteiger partial charge in [-0.15, -0.1) is 0 Å². The number of carbonyl (C=O) groups is 1. The lowest BCUT2D eigenvalue weighted by molar-refractivity contribution is 0.0440. The number of hydrogen-bond acceptors (Lipinski definition) is 7. The van der Waals surface area contributed by atoms with Crippen molar-refractivity contribution < 1.29 is 27.1 Å². The fourth-order valence-corrected chi connectivity index (χ4v) is 4.02. The monoisotopic (exact) mass is 452 g/mol. The van der Waals surface area contributed by atoms with E-state index >= 15 is 0 Å². The van der Waals surface area contributed by atoms with Crippen LogP contribution in [0, 0.1) is 0 Å². The van der Waals surface area contributed by atoms with Gasteiger partial charge in [0, 0.05) is 5.69 Å². The third-order valence-electron chi connectivity index (χ3n) is 4.48. The summed E-state index contributed by atoms with van der Waals surface area (Å²) in [5, 5.41) is 0. The van der Waals surface area contributed by atoms with Crippen molar-refractivity contribution >= 4 is 32.8 Å². The average Bonchev–Trinajstić information content (AvgIpc) is 3.21. The number of ether oxygens (including phenoxy) is 2. The van der Waals surface area contributed by atoms with Crippen LogP contribution in [0.2, 0.25) is 0 Å². The normalized spacial score (nSPS) is 11.3. The fraction of sp³-hybridized carbons (Fsp3) is 0.130. The number of nitrogens with zero attached hydrogens (tertiary/aromatic N) is 1. The second kappa shape index (κ2) is 9.11. The zero-order chi connectivity index (χ0) is 22.6. The zero-order valence-corrected chi connectivity index (χ0v) is 18.0. The number of hydrogen-bond donors (Lipinski definition) is 1. The number of oxazole rings is 1. The number of carbonyl (C=O) groups excluding carboxylic acids is 1. The van der Waals surface area contributed by atoms with Crippen molar-refractivity contribution in [1.82, 2.24) is 4.98 Å². The molecule has 32 heavy (non-hydrogen) atoms. The second-order valence-corrected chi connectivity index (χ2v) is 8.42. The minimum absolute atomic E-state index is 0.0998. The Labute approximate surface area is 184 Å². The molecule has 164 valence electrons. The molecule has 3 aromatic carbocycles. The summed E-state index contributed by atoms with van der Waals surface area (Å²) in [4.78, 5) is 16.6. The highest BCUT2D eigenvalue weighted by Gasteiger charge is 2.15. The summed E-state index contributed by atoms with van der Waals surface area (Å²) in [5.74, 6) is 0.305. The summed E-state index contributed by atoms with van der Waals surface area (Å²) >= 11 is 0. The number of benzene rings is 3. The van der Waals surface area contributed by atoms with Gasteiger partial charge in [-0.05, 0) is 67.6 Å². The predicted octanol–water partition coefficient (Wildman–Crippen LogP) is 4.38. The molecule has 0 radical (unpaired) electrons. The molecule has 0 unspecified atom stereocenters. The van der Waals surface area contributed by atoms with Crippen LogP contribution in [-0.4, -0.2) is 26.0 Å². The van der Waals surface area contributed by atoms with Gasteiger partial charge in [0.05, 0.1) is 17.1 Å². The largest absolute Gasteiger partial charge is 0.494 e. The third kappa shape index (κ3) is 4.89. The molecule has 0 aliphatic rings. The number of fused-ring (bicyclic) bond motifs is 1. The molecule has 8 nitrogen and oxygen atoms in total. The summed E-state index contributed by atoms with van der Waals surface area (Å²) in [5.41, 5.74) is 1.88. The van der Waals surface area contributed by atoms with Crippen molar-refractivity contribution in [3.05, 3.63) is 84.3 Å². The van der Waals surface area contributed by atoms with Crippen molar-refractivity contribution in [3.63, 3.8) is 0 Å². The summed E-state index contributed by atoms with van der Waals surface area (Å²) < 4.78 is 43.7. The van der Waals surface area contributed by atoms with Crippen molar-refractivity contribution in [3.8, 4) is 5.75 Å². The van der Waals surface area contributed by atoms with Crippen LogP contribution in [-0.2, 0) is 21.4 Å². The van der Waals surface area contributed by atoms with E-state index in [0.29, 0.717) is 35.0 Å². The summed E-state index contributed by atoms with van der Waals surface area (Å²) in [6.07, 6.45) is 0. The smallest absolute Gasteiger partial charge is 0.338 e. The number of anilines is 1. The molecule has 0 aliphatic carbocycles. The van der Waals surface area contributed by atoms with Crippen LogP contribution in [0.25, 0.3) is 11.1 Å². The summed E-state index contributed by atoms with van der Waals surface area (Å²) in [7, 11) is -3.78. The highest BCUT2D eigenvalue weighted by molar-refractivity contribution is 7.92. The Morgan fingerprint density at radius 3 is 2.41 bits per heavy atom. The van der Waals surface area contributed by atoms with E-state index in [9.17, 15) is 13.2 Å². The lowest BCUT2D eigenvalue weighted by Gasteiger charge is -2.10. The van der Waals surface area contributed by atoms with E-state index in [4.69, 9.17) is 13.9 Å². The summed E-state index contributed by atoms with van der Waals surface area (Å²) in [6.45, 7) is 2.23. The van der Waals surface area contributed by atoms with E-state index in [-0.39, 0.29) is 17.1 Å². The Kier molecular flexibility index (Phi) is 6.09. The van der Waals surface area contributed by atoms with Crippen LogP contribution in [0.15, 0.2) is 82.1 Å². The molecule has 4 rings (SSSR count). The van der Waals surface area contributed by atoms with Crippen LogP contribution < -0.4 is 9.46 Å². The minimum Gasteiger partial charge on any atom is -0.494 e. The molecule has 1 heterocycles. The number of aromatic nitrogens is 1. The molecule has 0 bridgehead atoms. The van der Waals surface area contributed by atoms with Gasteiger partial charge in [0.1, 0.15) is 11.3 Å². The van der Waals surface area contributed by atoms with Gasteiger partial charge in [-0.3, -0.25) is 4.72 Å². The Balaban J connectivity index is 1.37. The number of sulfonamides is 1. The highest BCUT2D eigenvalue weighted by atomic mass is 32.2. The van der Waals surface area contributed by atoms with Crippen LogP contribution >= 0.6 is 0 Å². The third-order valence-corrected chi connectivity index (χ3v) is 5.88. The first-order valence-electron chi connectivity index (χ1n) is 9.82. The molecule has 0 fully saturated rings. The van der Waals surface area contributed by atoms with Crippen molar-refractivity contribution in [2.75, 3.05) is 11.3 Å². The molecule has 1 aromatic heterocycles. The molecule has 0 amide bonds. The van der Waals surface area contributed by atoms with Gasteiger partial charge in [0.15, 0.2) is 12.2 Å². The quantitative estimate of drug-likeness (QED) is 0.395. The van der Waals surface area contributed by atoms with Crippen molar-refractivity contribution in [1.29, 1.82) is 0 Å². The van der Waals surface area contributed by atoms with E-state index in [1.807, 2.05) is 19.1 Å². The van der Waals surface area contributed by atoms with E-state index in [1.165, 1.54) is 36.4 Å². The molecule has 0 aliphatic heterocycles. The molecule has 1 N–H and O–H groups in total. The first-order valence-corrected chi connectivity index (χ1v) is 11.3. The molecular weight excluding hydrogens is 432 g/mol. The highest BCUT2D eigenvalue weighted by Crippen LogP contribution is 2.20. The Bertz CT molecular complexity index is 1300. The van der Waals surface area contributed by atoms with Gasteiger partial charge in [-0.2, -0.15) is 0 Å². The van der Waals surface area contributed by atoms with Crippen LogP contribution in [0.4, 0.5) is 5.69 Å². The number of para-hydroxylation sites is 2. The van der Waals surface area contributed by atoms with E-state index in [0.717, 1.165) is 0 Å². The number of esters is 1. The van der Waals surface area contributed by atoms with Crippen LogP contribution in [0.5, 0.6) is 5.75 Å². The number of rotatable bonds is 8. The molecular formula is C23H20N2O6S. The maximum Gasteiger partial charge on any atom is 0.338 e. The first-order chi connectivity index (χ1) is 15.4. The Hall–Kier alpha value is -3.85. The average molecular weight is 452 g/mol. The molecule has 0 saturated carbocycles. The lowest BCUT2D eigenvalue weighted by atomic mass is 10.2. The first kappa shape index (κ1) is 21.4. The van der Waals surface area contributed by atoms with E-state index in [1.54, 1.807) is 24.3 Å². The zero-order valence-electron chi connectivity index (χ0n) is 17.1. The minimum atomic E-state index is -3.78. The van der Waals surface area contributed by atoms with E-state index in [2.05, 4.69) is 9.71 Å². The van der Waals surface area contributed by atoms with Crippen LogP contribution in [0.1, 0.15) is 23.2 Å². The standard InChI is InChI=1S/C23H20N2O6S/c1-2-29-18-11-13-19(14-12-18)32(27,28)25-17-9-7-16(8-10-17)23(26)30-15-22-24-20-5-3-4-6-21(20)31-22/h3-14,25H,2,15H2,1H3. The van der Waals surface area contributed by atoms with Gasteiger partial charge >= 0.3 is 5.97 Å². The molecule has 4 aromatic rings.